The lowest BCUT2D eigenvalue weighted by Crippen LogP contribution is -2.54. The number of aliphatic hydroxyl groups excluding tert-OH is 2. The summed E-state index contributed by atoms with van der Waals surface area (Å²) in [7, 11) is 1.64. The molecule has 2 aliphatic heterocycles. The number of aliphatic hydroxyl groups is 2. The quantitative estimate of drug-likeness (QED) is 0.887. The van der Waals surface area contributed by atoms with E-state index in [1.165, 1.54) is 0 Å². The third-order valence-electron chi connectivity index (χ3n) is 5.43. The Bertz CT molecular complexity index is 721. The summed E-state index contributed by atoms with van der Waals surface area (Å²) in [6, 6.07) is 7.72. The van der Waals surface area contributed by atoms with Crippen molar-refractivity contribution < 1.29 is 24.1 Å². The van der Waals surface area contributed by atoms with E-state index in [9.17, 15) is 10.2 Å². The van der Waals surface area contributed by atoms with Crippen molar-refractivity contribution in [3.63, 3.8) is 0 Å². The van der Waals surface area contributed by atoms with Crippen LogP contribution in [-0.4, -0.2) is 59.7 Å². The zero-order valence-corrected chi connectivity index (χ0v) is 13.8. The molecule has 0 amide bonds. The fourth-order valence-corrected chi connectivity index (χ4v) is 4.08. The van der Waals surface area contributed by atoms with E-state index >= 15 is 0 Å². The number of ether oxygens (including phenoxy) is 2. The molecule has 4 rings (SSSR count). The highest BCUT2D eigenvalue weighted by molar-refractivity contribution is 5.79. The monoisotopic (exact) mass is 333 g/mol. The van der Waals surface area contributed by atoms with Gasteiger partial charge in [-0.25, -0.2) is 0 Å². The van der Waals surface area contributed by atoms with Crippen LogP contribution < -0.4 is 4.74 Å². The molecule has 2 saturated heterocycles. The summed E-state index contributed by atoms with van der Waals surface area (Å²) >= 11 is 0. The maximum Gasteiger partial charge on any atom is 0.134 e. The van der Waals surface area contributed by atoms with Crippen molar-refractivity contribution in [3.05, 3.63) is 30.0 Å². The Morgan fingerprint density at radius 1 is 1.25 bits per heavy atom. The summed E-state index contributed by atoms with van der Waals surface area (Å²) < 4.78 is 16.6. The lowest BCUT2D eigenvalue weighted by atomic mass is 9.84. The van der Waals surface area contributed by atoms with E-state index in [1.54, 1.807) is 7.11 Å². The third kappa shape index (κ3) is 2.50. The van der Waals surface area contributed by atoms with Gasteiger partial charge in [-0.05, 0) is 37.1 Å². The second-order valence-corrected chi connectivity index (χ2v) is 6.73. The highest BCUT2D eigenvalue weighted by Crippen LogP contribution is 2.39. The van der Waals surface area contributed by atoms with Crippen molar-refractivity contribution in [2.45, 2.75) is 37.1 Å². The Labute approximate surface area is 140 Å². The van der Waals surface area contributed by atoms with Crippen LogP contribution in [0.5, 0.6) is 5.75 Å². The second kappa shape index (κ2) is 6.04. The number of hydrogen-bond donors (Lipinski definition) is 2. The molecule has 130 valence electrons. The number of fused-ring (bicyclic) bond motifs is 1. The minimum Gasteiger partial charge on any atom is -0.497 e. The smallest absolute Gasteiger partial charge is 0.134 e. The number of β-amino-alcohol motifs (C(OH)–C–C–N with tert-alkyl or cyclic N) is 1. The number of nitrogens with zero attached hydrogens (tertiary/aromatic N) is 1. The number of rotatable bonds is 3. The van der Waals surface area contributed by atoms with Crippen LogP contribution in [0.4, 0.5) is 0 Å². The Hall–Kier alpha value is -1.60. The van der Waals surface area contributed by atoms with Crippen LogP contribution in [0.2, 0.25) is 0 Å². The first-order valence-electron chi connectivity index (χ1n) is 8.38. The number of hydrogen-bond acceptors (Lipinski definition) is 6. The second-order valence-electron chi connectivity index (χ2n) is 6.73. The van der Waals surface area contributed by atoms with Gasteiger partial charge in [0.1, 0.15) is 17.1 Å². The van der Waals surface area contributed by atoms with Crippen LogP contribution in [0.25, 0.3) is 11.0 Å². The zero-order valence-electron chi connectivity index (χ0n) is 13.8. The molecule has 2 N–H and O–H groups in total. The summed E-state index contributed by atoms with van der Waals surface area (Å²) in [6.07, 6.45) is -0.0307. The molecule has 2 aromatic rings. The molecule has 0 bridgehead atoms. The van der Waals surface area contributed by atoms with Crippen LogP contribution in [0.1, 0.15) is 18.6 Å². The van der Waals surface area contributed by atoms with Gasteiger partial charge in [0.25, 0.3) is 0 Å². The molecule has 0 saturated carbocycles. The molecule has 2 aliphatic rings. The standard InChI is InChI=1S/C18H23NO5/c1-22-13-2-3-16-12(8-13)9-14(24-16)10-19-11-15(20)17(21)18(19)4-6-23-7-5-18/h2-3,8-9,15,17,20-21H,4-7,10-11H2,1H3/t15-,17-/m1/s1. The van der Waals surface area contributed by atoms with Gasteiger partial charge < -0.3 is 24.1 Å². The fourth-order valence-electron chi connectivity index (χ4n) is 4.08. The molecule has 1 aromatic carbocycles. The van der Waals surface area contributed by atoms with Gasteiger partial charge in [-0.2, -0.15) is 0 Å². The fraction of sp³-hybridized carbons (Fsp3) is 0.556. The van der Waals surface area contributed by atoms with E-state index in [1.807, 2.05) is 24.3 Å². The van der Waals surface area contributed by atoms with E-state index in [2.05, 4.69) is 4.90 Å². The first-order valence-corrected chi connectivity index (χ1v) is 8.38. The predicted molar refractivity (Wildman–Crippen MR) is 88.0 cm³/mol. The van der Waals surface area contributed by atoms with Gasteiger partial charge in [0.05, 0.1) is 31.4 Å². The lowest BCUT2D eigenvalue weighted by molar-refractivity contribution is -0.0740. The van der Waals surface area contributed by atoms with Crippen molar-refractivity contribution in [1.29, 1.82) is 0 Å². The number of benzene rings is 1. The molecular formula is C18H23NO5. The van der Waals surface area contributed by atoms with Gasteiger partial charge in [0.15, 0.2) is 0 Å². The van der Waals surface area contributed by atoms with E-state index in [0.717, 1.165) is 35.3 Å². The van der Waals surface area contributed by atoms with Crippen LogP contribution in [0, 0.1) is 0 Å². The lowest BCUT2D eigenvalue weighted by Gasteiger charge is -2.42. The summed E-state index contributed by atoms with van der Waals surface area (Å²) in [5, 5.41) is 21.7. The van der Waals surface area contributed by atoms with E-state index < -0.39 is 17.7 Å². The molecule has 6 nitrogen and oxygen atoms in total. The summed E-state index contributed by atoms with van der Waals surface area (Å²) in [5.74, 6) is 1.62. The number of methoxy groups -OCH3 is 1. The van der Waals surface area contributed by atoms with E-state index in [-0.39, 0.29) is 0 Å². The molecule has 1 spiro atoms. The largest absolute Gasteiger partial charge is 0.497 e. The molecule has 2 fully saturated rings. The van der Waals surface area contributed by atoms with E-state index in [4.69, 9.17) is 13.9 Å². The van der Waals surface area contributed by atoms with Crippen LogP contribution in [0.3, 0.4) is 0 Å². The molecule has 2 atom stereocenters. The summed E-state index contributed by atoms with van der Waals surface area (Å²) in [4.78, 5) is 2.15. The third-order valence-corrected chi connectivity index (χ3v) is 5.43. The Morgan fingerprint density at radius 3 is 2.79 bits per heavy atom. The number of furan rings is 1. The van der Waals surface area contributed by atoms with Crippen molar-refractivity contribution in [2.24, 2.45) is 0 Å². The molecule has 0 radical (unpaired) electrons. The van der Waals surface area contributed by atoms with E-state index in [0.29, 0.717) is 26.3 Å². The molecular weight excluding hydrogens is 310 g/mol. The number of likely N-dealkylation sites (tertiary alicyclic amines) is 1. The predicted octanol–water partition coefficient (Wildman–Crippen LogP) is 1.53. The summed E-state index contributed by atoms with van der Waals surface area (Å²) in [5.41, 5.74) is 0.390. The topological polar surface area (TPSA) is 75.3 Å². The Morgan fingerprint density at radius 2 is 2.04 bits per heavy atom. The van der Waals surface area contributed by atoms with Gasteiger partial charge in [-0.15, -0.1) is 0 Å². The Kier molecular flexibility index (Phi) is 4.00. The molecule has 1 aromatic heterocycles. The molecule has 0 aliphatic carbocycles. The van der Waals surface area contributed by atoms with Crippen LogP contribution >= 0.6 is 0 Å². The highest BCUT2D eigenvalue weighted by Gasteiger charge is 2.53. The first-order chi connectivity index (χ1) is 11.6. The first kappa shape index (κ1) is 15.9. The average molecular weight is 333 g/mol. The van der Waals surface area contributed by atoms with Gasteiger partial charge in [0.2, 0.25) is 0 Å². The average Bonchev–Trinajstić information content (AvgIpc) is 3.10. The molecule has 3 heterocycles. The maximum absolute atomic E-state index is 10.5. The SMILES string of the molecule is COc1ccc2oc(CN3C[C@@H](O)[C@@H](O)C34CCOCC4)cc2c1. The van der Waals surface area contributed by atoms with Crippen LogP contribution in [-0.2, 0) is 11.3 Å². The van der Waals surface area contributed by atoms with Gasteiger partial charge in [0, 0.05) is 25.1 Å². The van der Waals surface area contributed by atoms with Crippen molar-refractivity contribution in [3.8, 4) is 5.75 Å². The molecule has 0 unspecified atom stereocenters. The zero-order chi connectivity index (χ0) is 16.7. The minimum absolute atomic E-state index is 0.422. The normalized spacial score (nSPS) is 27.1. The summed E-state index contributed by atoms with van der Waals surface area (Å²) in [6.45, 7) is 2.22. The highest BCUT2D eigenvalue weighted by atomic mass is 16.5. The maximum atomic E-state index is 10.5. The van der Waals surface area contributed by atoms with Gasteiger partial charge >= 0.3 is 0 Å². The van der Waals surface area contributed by atoms with Crippen molar-refractivity contribution in [2.75, 3.05) is 26.9 Å². The van der Waals surface area contributed by atoms with Crippen molar-refractivity contribution >= 4 is 11.0 Å². The van der Waals surface area contributed by atoms with Gasteiger partial charge in [-0.1, -0.05) is 0 Å². The molecule has 24 heavy (non-hydrogen) atoms. The molecule has 6 heteroatoms. The minimum atomic E-state index is -0.745. The van der Waals surface area contributed by atoms with Gasteiger partial charge in [-0.3, -0.25) is 4.90 Å². The Balaban J connectivity index is 1.61. The van der Waals surface area contributed by atoms with Crippen LogP contribution in [0.15, 0.2) is 28.7 Å². The van der Waals surface area contributed by atoms with Crippen molar-refractivity contribution in [1.82, 2.24) is 4.90 Å².